The Morgan fingerprint density at radius 3 is 2.17 bits per heavy atom. The van der Waals surface area contributed by atoms with Crippen LogP contribution in [0.4, 0.5) is 13.2 Å². The molecule has 5 nitrogen and oxygen atoms in total. The topological polar surface area (TPSA) is 42.9 Å². The Morgan fingerprint density at radius 1 is 1.03 bits per heavy atom. The number of hydrogen-bond donors (Lipinski definition) is 2. The van der Waals surface area contributed by atoms with Crippen molar-refractivity contribution in [1.29, 1.82) is 0 Å². The molecule has 2 N–H and O–H groups in total. The second-order valence-electron chi connectivity index (χ2n) is 7.61. The van der Waals surface area contributed by atoms with Crippen LogP contribution in [0.1, 0.15) is 31.9 Å². The summed E-state index contributed by atoms with van der Waals surface area (Å²) in [5.41, 5.74) is 0.112. The maximum absolute atomic E-state index is 12.7. The van der Waals surface area contributed by atoms with Crippen LogP contribution in [0.15, 0.2) is 29.3 Å². The van der Waals surface area contributed by atoms with Gasteiger partial charge in [0.15, 0.2) is 5.96 Å². The standard InChI is InChI=1S/C21H34F3N5.HI/c1-4-25-20(27-15-18-6-8-19(9-7-18)21(22,23)24)26-14-17(3)16-29-12-10-28(5-2)11-13-29;/h6-9,17H,4-5,10-16H2,1-3H3,(H2,25,26,27);1H. The van der Waals surface area contributed by atoms with Gasteiger partial charge in [-0.3, -0.25) is 0 Å². The van der Waals surface area contributed by atoms with Crippen molar-refractivity contribution in [1.82, 2.24) is 20.4 Å². The zero-order valence-corrected chi connectivity index (χ0v) is 20.5. The lowest BCUT2D eigenvalue weighted by Crippen LogP contribution is -2.48. The van der Waals surface area contributed by atoms with Crippen LogP contribution in [0, 0.1) is 5.92 Å². The molecule has 1 aliphatic rings. The zero-order valence-electron chi connectivity index (χ0n) is 18.1. The molecule has 30 heavy (non-hydrogen) atoms. The molecular formula is C21H35F3IN5. The monoisotopic (exact) mass is 541 g/mol. The Bertz CT molecular complexity index is 629. The van der Waals surface area contributed by atoms with Crippen LogP contribution in [-0.4, -0.2) is 68.1 Å². The number of benzene rings is 1. The van der Waals surface area contributed by atoms with Crippen molar-refractivity contribution in [3.63, 3.8) is 0 Å². The summed E-state index contributed by atoms with van der Waals surface area (Å²) >= 11 is 0. The SMILES string of the molecule is CCNC(=NCc1ccc(C(F)(F)F)cc1)NCC(C)CN1CCN(CC)CC1.I. The van der Waals surface area contributed by atoms with E-state index >= 15 is 0 Å². The van der Waals surface area contributed by atoms with Crippen molar-refractivity contribution >= 4 is 29.9 Å². The number of guanidine groups is 1. The average Bonchev–Trinajstić information content (AvgIpc) is 2.70. The first-order valence-electron chi connectivity index (χ1n) is 10.4. The molecule has 2 rings (SSSR count). The largest absolute Gasteiger partial charge is 0.416 e. The second kappa shape index (κ2) is 13.4. The van der Waals surface area contributed by atoms with Crippen molar-refractivity contribution in [2.75, 3.05) is 52.4 Å². The molecule has 0 aliphatic carbocycles. The zero-order chi connectivity index (χ0) is 21.3. The lowest BCUT2D eigenvalue weighted by atomic mass is 10.1. The van der Waals surface area contributed by atoms with E-state index in [2.05, 4.69) is 39.3 Å². The van der Waals surface area contributed by atoms with Crippen molar-refractivity contribution in [2.24, 2.45) is 10.9 Å². The van der Waals surface area contributed by atoms with Gasteiger partial charge in [-0.25, -0.2) is 4.99 Å². The van der Waals surface area contributed by atoms with Gasteiger partial charge in [-0.15, -0.1) is 24.0 Å². The molecule has 1 heterocycles. The summed E-state index contributed by atoms with van der Waals surface area (Å²) < 4.78 is 38.0. The van der Waals surface area contributed by atoms with Crippen LogP contribution < -0.4 is 10.6 Å². The minimum absolute atomic E-state index is 0. The molecule has 1 fully saturated rings. The Labute approximate surface area is 195 Å². The number of nitrogens with zero attached hydrogens (tertiary/aromatic N) is 3. The third kappa shape index (κ3) is 9.38. The van der Waals surface area contributed by atoms with E-state index in [0.717, 1.165) is 70.1 Å². The summed E-state index contributed by atoms with van der Waals surface area (Å²) in [4.78, 5) is 9.48. The van der Waals surface area contributed by atoms with Gasteiger partial charge < -0.3 is 20.4 Å². The van der Waals surface area contributed by atoms with Gasteiger partial charge in [-0.1, -0.05) is 26.0 Å². The molecule has 1 atom stereocenters. The molecule has 1 unspecified atom stereocenters. The summed E-state index contributed by atoms with van der Waals surface area (Å²) in [6.07, 6.45) is -4.31. The molecule has 172 valence electrons. The number of likely N-dealkylation sites (N-methyl/N-ethyl adjacent to an activating group) is 1. The van der Waals surface area contributed by atoms with Crippen molar-refractivity contribution in [3.8, 4) is 0 Å². The molecule has 0 aromatic heterocycles. The second-order valence-corrected chi connectivity index (χ2v) is 7.61. The van der Waals surface area contributed by atoms with Crippen molar-refractivity contribution in [2.45, 2.75) is 33.5 Å². The highest BCUT2D eigenvalue weighted by atomic mass is 127. The average molecular weight is 541 g/mol. The molecule has 0 spiro atoms. The third-order valence-corrected chi connectivity index (χ3v) is 5.15. The van der Waals surface area contributed by atoms with E-state index in [1.807, 2.05) is 6.92 Å². The molecular weight excluding hydrogens is 506 g/mol. The van der Waals surface area contributed by atoms with Gasteiger partial charge >= 0.3 is 6.18 Å². The minimum atomic E-state index is -4.31. The van der Waals surface area contributed by atoms with E-state index < -0.39 is 11.7 Å². The fourth-order valence-electron chi connectivity index (χ4n) is 3.38. The van der Waals surface area contributed by atoms with E-state index in [9.17, 15) is 13.2 Å². The predicted molar refractivity (Wildman–Crippen MR) is 127 cm³/mol. The summed E-state index contributed by atoms with van der Waals surface area (Å²) in [5, 5.41) is 6.56. The lowest BCUT2D eigenvalue weighted by Gasteiger charge is -2.35. The highest BCUT2D eigenvalue weighted by molar-refractivity contribution is 14.0. The van der Waals surface area contributed by atoms with Crippen LogP contribution in [0.25, 0.3) is 0 Å². The first-order valence-corrected chi connectivity index (χ1v) is 10.4. The number of aliphatic imine (C=N–C) groups is 1. The fourth-order valence-corrected chi connectivity index (χ4v) is 3.38. The number of halogens is 4. The van der Waals surface area contributed by atoms with Crippen LogP contribution in [-0.2, 0) is 12.7 Å². The van der Waals surface area contributed by atoms with Crippen LogP contribution in [0.5, 0.6) is 0 Å². The first kappa shape index (κ1) is 27.0. The molecule has 0 amide bonds. The predicted octanol–water partition coefficient (Wildman–Crippen LogP) is 3.65. The van der Waals surface area contributed by atoms with E-state index in [4.69, 9.17) is 0 Å². The molecule has 0 saturated carbocycles. The fraction of sp³-hybridized carbons (Fsp3) is 0.667. The van der Waals surface area contributed by atoms with Crippen molar-refractivity contribution in [3.05, 3.63) is 35.4 Å². The first-order chi connectivity index (χ1) is 13.8. The Kier molecular flexibility index (Phi) is 12.0. The van der Waals surface area contributed by atoms with Gasteiger partial charge in [-0.2, -0.15) is 13.2 Å². The summed E-state index contributed by atoms with van der Waals surface area (Å²) in [5.74, 6) is 1.16. The van der Waals surface area contributed by atoms with Gasteiger partial charge in [-0.05, 0) is 37.1 Å². The normalized spacial score (nSPS) is 17.3. The van der Waals surface area contributed by atoms with Gasteiger partial charge in [0.05, 0.1) is 12.1 Å². The Hall–Kier alpha value is -1.07. The summed E-state index contributed by atoms with van der Waals surface area (Å²) in [7, 11) is 0. The van der Waals surface area contributed by atoms with Gasteiger partial charge in [0.25, 0.3) is 0 Å². The number of rotatable bonds is 8. The van der Waals surface area contributed by atoms with E-state index in [1.165, 1.54) is 12.1 Å². The van der Waals surface area contributed by atoms with Crippen molar-refractivity contribution < 1.29 is 13.2 Å². The number of nitrogens with one attached hydrogen (secondary N) is 2. The van der Waals surface area contributed by atoms with Gasteiger partial charge in [0.2, 0.25) is 0 Å². The molecule has 1 aliphatic heterocycles. The maximum atomic E-state index is 12.7. The third-order valence-electron chi connectivity index (χ3n) is 5.15. The molecule has 0 bridgehead atoms. The Balaban J connectivity index is 0.00000450. The van der Waals surface area contributed by atoms with E-state index in [1.54, 1.807) is 0 Å². The van der Waals surface area contributed by atoms with E-state index in [0.29, 0.717) is 18.4 Å². The van der Waals surface area contributed by atoms with Crippen LogP contribution in [0.3, 0.4) is 0 Å². The highest BCUT2D eigenvalue weighted by Crippen LogP contribution is 2.29. The van der Waals surface area contributed by atoms with Crippen LogP contribution in [0.2, 0.25) is 0 Å². The van der Waals surface area contributed by atoms with Gasteiger partial charge in [0.1, 0.15) is 0 Å². The van der Waals surface area contributed by atoms with E-state index in [-0.39, 0.29) is 24.0 Å². The quantitative estimate of drug-likeness (QED) is 0.300. The molecule has 1 saturated heterocycles. The summed E-state index contributed by atoms with van der Waals surface area (Å²) in [6.45, 7) is 14.9. The lowest BCUT2D eigenvalue weighted by molar-refractivity contribution is -0.137. The van der Waals surface area contributed by atoms with Gasteiger partial charge in [0, 0.05) is 45.8 Å². The molecule has 0 radical (unpaired) electrons. The molecule has 1 aromatic carbocycles. The molecule has 9 heteroatoms. The maximum Gasteiger partial charge on any atom is 0.416 e. The minimum Gasteiger partial charge on any atom is -0.357 e. The highest BCUT2D eigenvalue weighted by Gasteiger charge is 2.29. The number of hydrogen-bond acceptors (Lipinski definition) is 3. The summed E-state index contributed by atoms with van der Waals surface area (Å²) in [6, 6.07) is 5.17. The van der Waals surface area contributed by atoms with Crippen LogP contribution >= 0.6 is 24.0 Å². The molecule has 1 aromatic rings. The smallest absolute Gasteiger partial charge is 0.357 e. The Morgan fingerprint density at radius 2 is 1.63 bits per heavy atom. The number of piperazine rings is 1. The number of alkyl halides is 3.